The van der Waals surface area contributed by atoms with Gasteiger partial charge >= 0.3 is 0 Å². The van der Waals surface area contributed by atoms with Crippen LogP contribution in [0.15, 0.2) is 46.6 Å². The van der Waals surface area contributed by atoms with Gasteiger partial charge in [0.1, 0.15) is 0 Å². The number of thiol groups is 1. The minimum Gasteiger partial charge on any atom is -0.361 e. The van der Waals surface area contributed by atoms with Crippen LogP contribution in [0.5, 0.6) is 0 Å². The second kappa shape index (κ2) is 4.34. The van der Waals surface area contributed by atoms with Crippen LogP contribution in [0.4, 0.5) is 0 Å². The molecule has 0 saturated carbocycles. The van der Waals surface area contributed by atoms with Gasteiger partial charge in [0.25, 0.3) is 5.56 Å². The van der Waals surface area contributed by atoms with E-state index in [4.69, 9.17) is 0 Å². The summed E-state index contributed by atoms with van der Waals surface area (Å²) in [6.07, 6.45) is 4.06. The third kappa shape index (κ3) is 1.93. The lowest BCUT2D eigenvalue weighted by Gasteiger charge is -1.99. The van der Waals surface area contributed by atoms with Gasteiger partial charge in [0, 0.05) is 35.3 Å². The molecule has 3 rings (SSSR count). The van der Waals surface area contributed by atoms with Gasteiger partial charge in [-0.3, -0.25) is 4.79 Å². The minimum atomic E-state index is -0.139. The van der Waals surface area contributed by atoms with Gasteiger partial charge in [-0.1, -0.05) is 18.2 Å². The zero-order valence-electron chi connectivity index (χ0n) is 9.47. The van der Waals surface area contributed by atoms with Crippen molar-refractivity contribution in [2.45, 2.75) is 11.6 Å². The molecule has 2 aromatic heterocycles. The van der Waals surface area contributed by atoms with Crippen molar-refractivity contribution < 1.29 is 0 Å². The first-order chi connectivity index (χ1) is 8.74. The summed E-state index contributed by atoms with van der Waals surface area (Å²) in [5.41, 5.74) is 2.66. The molecule has 4 nitrogen and oxygen atoms in total. The zero-order chi connectivity index (χ0) is 12.5. The number of rotatable bonds is 2. The van der Waals surface area contributed by atoms with Crippen molar-refractivity contribution >= 4 is 23.5 Å². The molecule has 0 radical (unpaired) electrons. The Labute approximate surface area is 109 Å². The van der Waals surface area contributed by atoms with E-state index >= 15 is 0 Å². The van der Waals surface area contributed by atoms with Crippen LogP contribution in [0.1, 0.15) is 11.1 Å². The monoisotopic (exact) mass is 257 g/mol. The molecular weight excluding hydrogens is 246 g/mol. The summed E-state index contributed by atoms with van der Waals surface area (Å²) in [6, 6.07) is 8.01. The molecule has 0 amide bonds. The molecule has 0 aliphatic heterocycles. The Hall–Kier alpha value is -2.01. The number of nitrogens with one attached hydrogen (secondary N) is 2. The van der Waals surface area contributed by atoms with Gasteiger partial charge in [-0.05, 0) is 11.6 Å². The molecule has 5 heteroatoms. The third-order valence-electron chi connectivity index (χ3n) is 2.92. The fourth-order valence-electron chi connectivity index (χ4n) is 2.02. The van der Waals surface area contributed by atoms with Gasteiger partial charge in [-0.25, -0.2) is 4.98 Å². The van der Waals surface area contributed by atoms with Crippen LogP contribution in [0.25, 0.3) is 10.9 Å². The first kappa shape index (κ1) is 11.1. The Morgan fingerprint density at radius 1 is 1.22 bits per heavy atom. The molecular formula is C13H11N3OS. The lowest BCUT2D eigenvalue weighted by Crippen LogP contribution is -2.13. The van der Waals surface area contributed by atoms with Crippen molar-refractivity contribution in [1.82, 2.24) is 15.0 Å². The normalized spacial score (nSPS) is 10.9. The molecule has 0 aliphatic carbocycles. The number of fused-ring (bicyclic) bond motifs is 1. The van der Waals surface area contributed by atoms with Gasteiger partial charge in [-0.2, -0.15) is 0 Å². The first-order valence-corrected chi connectivity index (χ1v) is 6.01. The second-order valence-corrected chi connectivity index (χ2v) is 4.52. The Bertz CT molecular complexity index is 760. The summed E-state index contributed by atoms with van der Waals surface area (Å²) in [4.78, 5) is 21.5. The molecule has 0 spiro atoms. The van der Waals surface area contributed by atoms with E-state index in [0.29, 0.717) is 17.1 Å². The summed E-state index contributed by atoms with van der Waals surface area (Å²) in [6.45, 7) is 0. The molecule has 0 saturated heterocycles. The van der Waals surface area contributed by atoms with Crippen molar-refractivity contribution in [3.63, 3.8) is 0 Å². The van der Waals surface area contributed by atoms with Crippen LogP contribution in [0, 0.1) is 0 Å². The quantitative estimate of drug-likeness (QED) is 0.486. The van der Waals surface area contributed by atoms with E-state index in [2.05, 4.69) is 27.6 Å². The maximum atomic E-state index is 11.7. The zero-order valence-corrected chi connectivity index (χ0v) is 10.4. The molecule has 0 aliphatic rings. The van der Waals surface area contributed by atoms with Crippen molar-refractivity contribution in [3.8, 4) is 0 Å². The van der Waals surface area contributed by atoms with E-state index in [9.17, 15) is 4.79 Å². The highest BCUT2D eigenvalue weighted by Gasteiger charge is 2.07. The summed E-state index contributed by atoms with van der Waals surface area (Å²) in [7, 11) is 0. The number of benzene rings is 1. The van der Waals surface area contributed by atoms with E-state index in [0.717, 1.165) is 16.5 Å². The molecule has 2 N–H and O–H groups in total. The van der Waals surface area contributed by atoms with Crippen molar-refractivity contribution in [2.75, 3.05) is 0 Å². The van der Waals surface area contributed by atoms with Crippen LogP contribution in [-0.4, -0.2) is 15.0 Å². The largest absolute Gasteiger partial charge is 0.361 e. The van der Waals surface area contributed by atoms with E-state index in [-0.39, 0.29) is 5.56 Å². The van der Waals surface area contributed by atoms with Gasteiger partial charge in [0.05, 0.1) is 0 Å². The third-order valence-corrected chi connectivity index (χ3v) is 3.14. The van der Waals surface area contributed by atoms with E-state index in [1.165, 1.54) is 0 Å². The Morgan fingerprint density at radius 3 is 2.89 bits per heavy atom. The lowest BCUT2D eigenvalue weighted by atomic mass is 10.1. The average Bonchev–Trinajstić information content (AvgIpc) is 2.76. The standard InChI is InChI=1S/C13H11N3OS/c17-12-9(7-15-13(18)16-12)5-8-6-14-11-4-2-1-3-10(8)11/h1-4,6-7,14H,5H2,(H2,15,16,17,18). The summed E-state index contributed by atoms with van der Waals surface area (Å²) < 4.78 is 0. The van der Waals surface area contributed by atoms with Gasteiger partial charge in [0.2, 0.25) is 0 Å². The van der Waals surface area contributed by atoms with Crippen LogP contribution in [-0.2, 0) is 6.42 Å². The molecule has 3 aromatic rings. The van der Waals surface area contributed by atoms with Crippen LogP contribution >= 0.6 is 12.6 Å². The Morgan fingerprint density at radius 2 is 2.06 bits per heavy atom. The molecule has 0 fully saturated rings. The Kier molecular flexibility index (Phi) is 2.68. The van der Waals surface area contributed by atoms with Gasteiger partial charge < -0.3 is 9.97 Å². The smallest absolute Gasteiger partial charge is 0.255 e. The van der Waals surface area contributed by atoms with E-state index in [1.807, 2.05) is 30.5 Å². The lowest BCUT2D eigenvalue weighted by molar-refractivity contribution is 0.906. The Balaban J connectivity index is 2.04. The second-order valence-electron chi connectivity index (χ2n) is 4.10. The molecule has 0 atom stereocenters. The fraction of sp³-hybridized carbons (Fsp3) is 0.0769. The number of para-hydroxylation sites is 1. The van der Waals surface area contributed by atoms with Crippen LogP contribution in [0.2, 0.25) is 0 Å². The van der Waals surface area contributed by atoms with E-state index < -0.39 is 0 Å². The molecule has 90 valence electrons. The first-order valence-electron chi connectivity index (χ1n) is 5.56. The predicted octanol–water partition coefficient (Wildman–Crippen LogP) is 2.13. The maximum Gasteiger partial charge on any atom is 0.255 e. The number of aromatic amines is 2. The maximum absolute atomic E-state index is 11.7. The summed E-state index contributed by atoms with van der Waals surface area (Å²) in [5, 5.41) is 1.47. The summed E-state index contributed by atoms with van der Waals surface area (Å²) >= 11 is 4.00. The number of hydrogen-bond acceptors (Lipinski definition) is 3. The summed E-state index contributed by atoms with van der Waals surface area (Å²) in [5.74, 6) is 0. The molecule has 2 heterocycles. The molecule has 18 heavy (non-hydrogen) atoms. The van der Waals surface area contributed by atoms with Crippen molar-refractivity contribution in [2.24, 2.45) is 0 Å². The SMILES string of the molecule is O=c1[nH]c(S)ncc1Cc1c[nH]c2ccccc12. The van der Waals surface area contributed by atoms with Gasteiger partial charge in [-0.15, -0.1) is 12.6 Å². The number of aromatic nitrogens is 3. The highest BCUT2D eigenvalue weighted by Crippen LogP contribution is 2.19. The highest BCUT2D eigenvalue weighted by atomic mass is 32.1. The van der Waals surface area contributed by atoms with E-state index in [1.54, 1.807) is 6.20 Å². The fourth-order valence-corrected chi connectivity index (χ4v) is 2.18. The topological polar surface area (TPSA) is 61.5 Å². The van der Waals surface area contributed by atoms with Crippen molar-refractivity contribution in [1.29, 1.82) is 0 Å². The van der Waals surface area contributed by atoms with Crippen molar-refractivity contribution in [3.05, 3.63) is 58.1 Å². The van der Waals surface area contributed by atoms with Crippen LogP contribution in [0.3, 0.4) is 0 Å². The van der Waals surface area contributed by atoms with Gasteiger partial charge in [0.15, 0.2) is 5.16 Å². The molecule has 0 bridgehead atoms. The van der Waals surface area contributed by atoms with Crippen LogP contribution < -0.4 is 5.56 Å². The molecule has 0 unspecified atom stereocenters. The highest BCUT2D eigenvalue weighted by molar-refractivity contribution is 7.80. The molecule has 1 aromatic carbocycles. The number of nitrogens with zero attached hydrogens (tertiary/aromatic N) is 1. The predicted molar refractivity (Wildman–Crippen MR) is 73.2 cm³/mol. The number of H-pyrrole nitrogens is 2. The minimum absolute atomic E-state index is 0.139. The number of hydrogen-bond donors (Lipinski definition) is 3. The average molecular weight is 257 g/mol.